The molecule has 0 bridgehead atoms. The molecule has 0 unspecified atom stereocenters. The summed E-state index contributed by atoms with van der Waals surface area (Å²) in [6.07, 6.45) is 0. The maximum absolute atomic E-state index is 12.5. The lowest BCUT2D eigenvalue weighted by Crippen LogP contribution is -2.11. The molecular formula is C24H16Cl3N2O5S-. The van der Waals surface area contributed by atoms with Gasteiger partial charge in [0.05, 0.1) is 9.92 Å². The lowest BCUT2D eigenvalue weighted by atomic mass is 10.3. The lowest BCUT2D eigenvalue weighted by Gasteiger charge is -2.22. The van der Waals surface area contributed by atoms with Gasteiger partial charge in [0.25, 0.3) is 5.91 Å². The number of sulfonamides is 1. The van der Waals surface area contributed by atoms with E-state index in [1.54, 1.807) is 36.4 Å². The van der Waals surface area contributed by atoms with Gasteiger partial charge in [0.2, 0.25) is 0 Å². The Morgan fingerprint density at radius 2 is 1.57 bits per heavy atom. The van der Waals surface area contributed by atoms with Crippen LogP contribution in [-0.2, 0) is 16.6 Å². The third kappa shape index (κ3) is 6.49. The first-order valence-corrected chi connectivity index (χ1v) is 12.6. The second-order valence-electron chi connectivity index (χ2n) is 7.15. The minimum absolute atomic E-state index is 0.0254. The minimum atomic E-state index is -3.94. The molecule has 0 spiro atoms. The molecule has 0 aliphatic rings. The van der Waals surface area contributed by atoms with Gasteiger partial charge in [-0.15, -0.1) is 5.69 Å². The number of benzene rings is 3. The number of rotatable bonds is 8. The van der Waals surface area contributed by atoms with Crippen molar-refractivity contribution < 1.29 is 22.4 Å². The third-order valence-corrected chi connectivity index (χ3v) is 6.73. The Balaban J connectivity index is 1.36. The summed E-state index contributed by atoms with van der Waals surface area (Å²) in [7, 11) is -3.94. The van der Waals surface area contributed by atoms with Crippen LogP contribution in [0.4, 0.5) is 11.4 Å². The van der Waals surface area contributed by atoms with Gasteiger partial charge in [0.1, 0.15) is 28.1 Å². The Bertz CT molecular complexity index is 1450. The molecule has 0 saturated heterocycles. The summed E-state index contributed by atoms with van der Waals surface area (Å²) >= 11 is 17.8. The fraction of sp³-hybridized carbons (Fsp3) is 0.0417. The van der Waals surface area contributed by atoms with Gasteiger partial charge in [-0.25, -0.2) is 8.42 Å². The number of furan rings is 1. The molecule has 4 rings (SSSR count). The first-order valence-electron chi connectivity index (χ1n) is 10.0. The topological polar surface area (TPSA) is 99.7 Å². The second-order valence-corrected chi connectivity index (χ2v) is 10.0. The SMILES string of the molecule is O=C(Nc1ccc(S(=O)(=O)[N-]c2ccc(Cl)cc2)cc1)c1ccc(COc2cc(Cl)ccc2Cl)o1. The predicted molar refractivity (Wildman–Crippen MR) is 136 cm³/mol. The van der Waals surface area contributed by atoms with Crippen LogP contribution in [0, 0.1) is 0 Å². The highest BCUT2D eigenvalue weighted by atomic mass is 35.5. The summed E-state index contributed by atoms with van der Waals surface area (Å²) in [5.41, 5.74) is 0.627. The first kappa shape index (κ1) is 24.9. The largest absolute Gasteiger partial charge is 0.573 e. The van der Waals surface area contributed by atoms with E-state index in [-0.39, 0.29) is 22.9 Å². The van der Waals surface area contributed by atoms with Gasteiger partial charge in [-0.2, -0.15) is 0 Å². The van der Waals surface area contributed by atoms with E-state index in [1.807, 2.05) is 0 Å². The first-order chi connectivity index (χ1) is 16.7. The molecule has 35 heavy (non-hydrogen) atoms. The summed E-state index contributed by atoms with van der Waals surface area (Å²) < 4.78 is 39.9. The normalized spacial score (nSPS) is 11.2. The van der Waals surface area contributed by atoms with E-state index in [1.165, 1.54) is 42.5 Å². The Morgan fingerprint density at radius 3 is 2.29 bits per heavy atom. The number of nitrogens with zero attached hydrogens (tertiary/aromatic N) is 1. The smallest absolute Gasteiger partial charge is 0.291 e. The van der Waals surface area contributed by atoms with Gasteiger partial charge >= 0.3 is 0 Å². The number of halogens is 3. The van der Waals surface area contributed by atoms with Crippen molar-refractivity contribution >= 4 is 62.1 Å². The van der Waals surface area contributed by atoms with E-state index < -0.39 is 15.9 Å². The molecule has 0 atom stereocenters. The van der Waals surface area contributed by atoms with E-state index >= 15 is 0 Å². The van der Waals surface area contributed by atoms with Gasteiger partial charge < -0.3 is 19.2 Å². The number of hydrogen-bond acceptors (Lipinski definition) is 5. The van der Waals surface area contributed by atoms with E-state index in [2.05, 4.69) is 10.0 Å². The monoisotopic (exact) mass is 549 g/mol. The molecule has 0 fully saturated rings. The highest BCUT2D eigenvalue weighted by molar-refractivity contribution is 7.94. The van der Waals surface area contributed by atoms with Crippen LogP contribution < -0.4 is 10.1 Å². The van der Waals surface area contributed by atoms with Crippen molar-refractivity contribution in [1.82, 2.24) is 0 Å². The Kier molecular flexibility index (Phi) is 7.57. The molecule has 11 heteroatoms. The van der Waals surface area contributed by atoms with E-state index in [4.69, 9.17) is 44.0 Å². The summed E-state index contributed by atoms with van der Waals surface area (Å²) in [6.45, 7) is 0.0387. The van der Waals surface area contributed by atoms with Gasteiger partial charge in [0.15, 0.2) is 5.76 Å². The summed E-state index contributed by atoms with van der Waals surface area (Å²) in [5, 5.41) is 3.99. The number of ether oxygens (including phenoxy) is 1. The van der Waals surface area contributed by atoms with Crippen LogP contribution >= 0.6 is 34.8 Å². The number of amides is 1. The predicted octanol–water partition coefficient (Wildman–Crippen LogP) is 7.47. The molecule has 1 heterocycles. The zero-order valence-corrected chi connectivity index (χ0v) is 20.8. The van der Waals surface area contributed by atoms with Crippen molar-refractivity contribution in [2.24, 2.45) is 0 Å². The fourth-order valence-corrected chi connectivity index (χ4v) is 4.36. The molecule has 0 saturated carbocycles. The molecular weight excluding hydrogens is 535 g/mol. The van der Waals surface area contributed by atoms with Gasteiger partial charge in [-0.1, -0.05) is 46.9 Å². The Morgan fingerprint density at radius 1 is 0.886 bits per heavy atom. The van der Waals surface area contributed by atoms with Crippen molar-refractivity contribution in [3.8, 4) is 5.75 Å². The summed E-state index contributed by atoms with van der Waals surface area (Å²) in [6, 6.07) is 19.6. The van der Waals surface area contributed by atoms with Crippen molar-refractivity contribution in [3.05, 3.63) is 110 Å². The Labute approximate surface area is 216 Å². The van der Waals surface area contributed by atoms with E-state index in [9.17, 15) is 13.2 Å². The van der Waals surface area contributed by atoms with Gasteiger partial charge in [-0.3, -0.25) is 4.79 Å². The fourth-order valence-electron chi connectivity index (χ4n) is 2.91. The van der Waals surface area contributed by atoms with Crippen LogP contribution in [0.2, 0.25) is 15.1 Å². The van der Waals surface area contributed by atoms with Crippen LogP contribution in [0.3, 0.4) is 0 Å². The second kappa shape index (κ2) is 10.6. The standard InChI is InChI=1S/C24H16Cl3N2O5S/c25-15-1-4-18(5-2-15)29-35(31,32)20-9-6-17(7-10-20)28-24(30)22-12-8-19(34-22)14-33-23-13-16(26)3-11-21(23)27/h1-13H,14H2,(H,28,30)/q-1. The molecule has 1 aromatic heterocycles. The molecule has 4 aromatic rings. The quantitative estimate of drug-likeness (QED) is 0.245. The van der Waals surface area contributed by atoms with Crippen molar-refractivity contribution in [2.75, 3.05) is 5.32 Å². The molecule has 1 N–H and O–H groups in total. The van der Waals surface area contributed by atoms with E-state index in [0.29, 0.717) is 32.3 Å². The molecule has 1 amide bonds. The lowest BCUT2D eigenvalue weighted by molar-refractivity contribution is 0.0992. The van der Waals surface area contributed by atoms with Crippen LogP contribution in [0.15, 0.2) is 88.2 Å². The minimum Gasteiger partial charge on any atom is -0.573 e. The van der Waals surface area contributed by atoms with Crippen molar-refractivity contribution in [1.29, 1.82) is 0 Å². The number of anilines is 1. The van der Waals surface area contributed by atoms with Crippen LogP contribution in [0.5, 0.6) is 5.75 Å². The highest BCUT2D eigenvalue weighted by Crippen LogP contribution is 2.30. The maximum Gasteiger partial charge on any atom is 0.291 e. The molecule has 0 aliphatic carbocycles. The molecule has 7 nitrogen and oxygen atoms in total. The number of nitrogens with one attached hydrogen (secondary N) is 1. The third-order valence-electron chi connectivity index (χ3n) is 4.61. The van der Waals surface area contributed by atoms with E-state index in [0.717, 1.165) is 0 Å². The molecule has 0 aliphatic heterocycles. The van der Waals surface area contributed by atoms with Gasteiger partial charge in [0, 0.05) is 21.8 Å². The highest BCUT2D eigenvalue weighted by Gasteiger charge is 2.13. The molecule has 0 radical (unpaired) electrons. The van der Waals surface area contributed by atoms with Crippen LogP contribution in [0.1, 0.15) is 16.3 Å². The maximum atomic E-state index is 12.5. The van der Waals surface area contributed by atoms with Crippen LogP contribution in [-0.4, -0.2) is 14.3 Å². The number of carbonyl (C=O) groups is 1. The average Bonchev–Trinajstić information content (AvgIpc) is 3.31. The molecule has 3 aromatic carbocycles. The van der Waals surface area contributed by atoms with Crippen molar-refractivity contribution in [2.45, 2.75) is 11.5 Å². The Hall–Kier alpha value is -3.17. The zero-order valence-electron chi connectivity index (χ0n) is 17.7. The average molecular weight is 551 g/mol. The van der Waals surface area contributed by atoms with Crippen LogP contribution in [0.25, 0.3) is 4.72 Å². The molecule has 180 valence electrons. The summed E-state index contributed by atoms with van der Waals surface area (Å²) in [5.74, 6) is 0.324. The zero-order chi connectivity index (χ0) is 25.0. The number of hydrogen-bond donors (Lipinski definition) is 1. The van der Waals surface area contributed by atoms with Gasteiger partial charge in [-0.05, 0) is 60.7 Å². The summed E-state index contributed by atoms with van der Waals surface area (Å²) in [4.78, 5) is 12.5. The number of carbonyl (C=O) groups excluding carboxylic acids is 1. The van der Waals surface area contributed by atoms with Crippen molar-refractivity contribution in [3.63, 3.8) is 0 Å².